The highest BCUT2D eigenvalue weighted by Crippen LogP contribution is 2.05. The molecule has 0 saturated carbocycles. The molecule has 0 aromatic carbocycles. The smallest absolute Gasteiger partial charge is 0.328 e. The highest BCUT2D eigenvalue weighted by Gasteiger charge is 2.31. The SMILES string of the molecule is [N-]=[N+]=NC[C@@H](O)[C@H](O)C(=O)N(N)N[C@@H](CCCCN=NN)C(=O)N[C@@H](CO)C(=O)O. The molecule has 0 rings (SSSR count). The van der Waals surface area contributed by atoms with Crippen LogP contribution in [-0.2, 0) is 14.4 Å². The van der Waals surface area contributed by atoms with Gasteiger partial charge in [-0.1, -0.05) is 10.3 Å². The van der Waals surface area contributed by atoms with E-state index in [2.05, 4.69) is 31.1 Å². The van der Waals surface area contributed by atoms with Crippen LogP contribution in [0.15, 0.2) is 15.5 Å². The largest absolute Gasteiger partial charge is 0.480 e. The summed E-state index contributed by atoms with van der Waals surface area (Å²) < 4.78 is 0. The van der Waals surface area contributed by atoms with E-state index in [-0.39, 0.29) is 18.1 Å². The number of carboxylic acid groups (broad SMARTS) is 1. The van der Waals surface area contributed by atoms with E-state index < -0.39 is 55.2 Å². The number of unbranched alkanes of at least 4 members (excludes halogenated alkanes) is 1. The Morgan fingerprint density at radius 2 is 1.87 bits per heavy atom. The maximum Gasteiger partial charge on any atom is 0.328 e. The van der Waals surface area contributed by atoms with Crippen LogP contribution < -0.4 is 22.4 Å². The van der Waals surface area contributed by atoms with Crippen molar-refractivity contribution in [2.45, 2.75) is 43.6 Å². The molecule has 0 fully saturated rings. The number of amides is 2. The molecule has 0 bridgehead atoms. The van der Waals surface area contributed by atoms with Crippen molar-refractivity contribution in [1.82, 2.24) is 15.9 Å². The molecule has 0 spiro atoms. The molecule has 0 unspecified atom stereocenters. The standard InChI is InChI=1S/C13H26N10O7/c14-21-17-4-2-1-3-7(11(27)19-8(6-24)13(29)30)20-23(16)12(28)10(26)9(25)5-18-22-15/h7-10,20,24-26H,1-6,16H2,(H2,14,17)(H,19,27)(H,29,30)/t7-,8-,9+,10-/m0/s1. The van der Waals surface area contributed by atoms with E-state index in [1.807, 2.05) is 0 Å². The molecule has 170 valence electrons. The number of nitrogens with one attached hydrogen (secondary N) is 2. The molecule has 0 aromatic rings. The van der Waals surface area contributed by atoms with E-state index in [9.17, 15) is 24.6 Å². The average Bonchev–Trinajstić information content (AvgIpc) is 2.72. The zero-order valence-electron chi connectivity index (χ0n) is 15.9. The van der Waals surface area contributed by atoms with Gasteiger partial charge >= 0.3 is 5.97 Å². The van der Waals surface area contributed by atoms with Crippen LogP contribution in [0.3, 0.4) is 0 Å². The maximum atomic E-state index is 12.4. The normalized spacial score (nSPS) is 14.9. The first-order chi connectivity index (χ1) is 14.2. The number of carbonyl (C=O) groups excluding carboxylic acids is 2. The van der Waals surface area contributed by atoms with Gasteiger partial charge in [0.2, 0.25) is 5.91 Å². The summed E-state index contributed by atoms with van der Waals surface area (Å²) in [4.78, 5) is 37.8. The van der Waals surface area contributed by atoms with Gasteiger partial charge in [0.1, 0.15) is 12.1 Å². The summed E-state index contributed by atoms with van der Waals surface area (Å²) in [6, 6.07) is -2.84. The van der Waals surface area contributed by atoms with E-state index in [1.165, 1.54) is 0 Å². The number of aliphatic hydroxyl groups is 3. The fourth-order valence-corrected chi connectivity index (χ4v) is 2.06. The van der Waals surface area contributed by atoms with E-state index in [1.54, 1.807) is 0 Å². The quantitative estimate of drug-likeness (QED) is 0.0241. The van der Waals surface area contributed by atoms with Gasteiger partial charge in [-0.05, 0) is 24.8 Å². The monoisotopic (exact) mass is 434 g/mol. The lowest BCUT2D eigenvalue weighted by Gasteiger charge is -2.28. The number of azide groups is 1. The van der Waals surface area contributed by atoms with Crippen molar-refractivity contribution in [3.63, 3.8) is 0 Å². The molecule has 2 amide bonds. The van der Waals surface area contributed by atoms with Crippen LogP contribution in [0, 0.1) is 0 Å². The Labute approximate surface area is 170 Å². The third-order valence-corrected chi connectivity index (χ3v) is 3.68. The summed E-state index contributed by atoms with van der Waals surface area (Å²) in [5.41, 5.74) is 10.5. The minimum Gasteiger partial charge on any atom is -0.480 e. The zero-order valence-corrected chi connectivity index (χ0v) is 15.9. The van der Waals surface area contributed by atoms with Crippen molar-refractivity contribution in [3.05, 3.63) is 10.4 Å². The van der Waals surface area contributed by atoms with Crippen molar-refractivity contribution in [2.75, 3.05) is 19.7 Å². The van der Waals surface area contributed by atoms with Gasteiger partial charge < -0.3 is 31.6 Å². The summed E-state index contributed by atoms with van der Waals surface area (Å²) in [5.74, 6) is 6.74. The predicted octanol–water partition coefficient (Wildman–Crippen LogP) is -3.35. The molecule has 0 heterocycles. The molecule has 0 aromatic heterocycles. The number of aliphatic hydroxyl groups excluding tert-OH is 3. The number of hydrazine groups is 2. The number of nitrogens with two attached hydrogens (primary N) is 2. The summed E-state index contributed by atoms with van der Waals surface area (Å²) >= 11 is 0. The second kappa shape index (κ2) is 14.9. The fraction of sp³-hybridized carbons (Fsp3) is 0.769. The highest BCUT2D eigenvalue weighted by atomic mass is 16.4. The van der Waals surface area contributed by atoms with Gasteiger partial charge in [-0.25, -0.2) is 21.2 Å². The molecular formula is C13H26N10O7. The third-order valence-electron chi connectivity index (χ3n) is 3.68. The van der Waals surface area contributed by atoms with Crippen LogP contribution in [0.25, 0.3) is 10.4 Å². The van der Waals surface area contributed by atoms with E-state index in [4.69, 9.17) is 27.4 Å². The Morgan fingerprint density at radius 3 is 2.40 bits per heavy atom. The number of carboxylic acids is 1. The van der Waals surface area contributed by atoms with E-state index in [0.717, 1.165) is 0 Å². The molecule has 0 aliphatic carbocycles. The molecule has 0 aliphatic heterocycles. The Hall–Kier alpha value is -3.08. The Balaban J connectivity index is 5.14. The van der Waals surface area contributed by atoms with Gasteiger partial charge in [0.05, 0.1) is 25.8 Å². The zero-order chi connectivity index (χ0) is 23.1. The van der Waals surface area contributed by atoms with Crippen LogP contribution in [0.2, 0.25) is 0 Å². The molecule has 17 heteroatoms. The van der Waals surface area contributed by atoms with E-state index >= 15 is 0 Å². The van der Waals surface area contributed by atoms with Crippen LogP contribution in [0.4, 0.5) is 0 Å². The number of rotatable bonds is 15. The number of nitrogens with zero attached hydrogens (tertiary/aromatic N) is 6. The lowest BCUT2D eigenvalue weighted by Crippen LogP contribution is -2.61. The van der Waals surface area contributed by atoms with Crippen LogP contribution >= 0.6 is 0 Å². The predicted molar refractivity (Wildman–Crippen MR) is 98.4 cm³/mol. The molecule has 0 aliphatic rings. The molecular weight excluding hydrogens is 408 g/mol. The molecule has 10 N–H and O–H groups in total. The van der Waals surface area contributed by atoms with Gasteiger partial charge in [0.15, 0.2) is 6.10 Å². The first kappa shape index (κ1) is 26.9. The van der Waals surface area contributed by atoms with E-state index in [0.29, 0.717) is 12.8 Å². The minimum absolute atomic E-state index is 0.0437. The lowest BCUT2D eigenvalue weighted by molar-refractivity contribution is -0.152. The third kappa shape index (κ3) is 9.92. The second-order valence-electron chi connectivity index (χ2n) is 5.87. The van der Waals surface area contributed by atoms with Gasteiger partial charge in [-0.15, -0.1) is 0 Å². The highest BCUT2D eigenvalue weighted by molar-refractivity contribution is 5.87. The Kier molecular flexibility index (Phi) is 13.3. The van der Waals surface area contributed by atoms with Crippen LogP contribution in [0.5, 0.6) is 0 Å². The van der Waals surface area contributed by atoms with Gasteiger partial charge in [0, 0.05) is 4.91 Å². The van der Waals surface area contributed by atoms with Crippen LogP contribution in [-0.4, -0.2) is 87.3 Å². The lowest BCUT2D eigenvalue weighted by atomic mass is 10.1. The fourth-order valence-electron chi connectivity index (χ4n) is 2.06. The summed E-state index contributed by atoms with van der Waals surface area (Å²) in [6.07, 6.45) is -2.97. The molecule has 17 nitrogen and oxygen atoms in total. The first-order valence-electron chi connectivity index (χ1n) is 8.62. The van der Waals surface area contributed by atoms with Crippen molar-refractivity contribution in [1.29, 1.82) is 0 Å². The molecule has 0 saturated heterocycles. The van der Waals surface area contributed by atoms with Crippen molar-refractivity contribution < 1.29 is 34.8 Å². The van der Waals surface area contributed by atoms with Crippen molar-refractivity contribution in [3.8, 4) is 0 Å². The van der Waals surface area contributed by atoms with Gasteiger partial charge in [0.25, 0.3) is 5.91 Å². The number of carbonyl (C=O) groups is 3. The first-order valence-corrected chi connectivity index (χ1v) is 8.62. The molecule has 30 heavy (non-hydrogen) atoms. The number of hydrogen-bond donors (Lipinski definition) is 8. The topological polar surface area (TPSA) is 285 Å². The Bertz CT molecular complexity index is 642. The Morgan fingerprint density at radius 1 is 1.20 bits per heavy atom. The number of aliphatic carboxylic acids is 1. The second-order valence-corrected chi connectivity index (χ2v) is 5.87. The molecule has 4 atom stereocenters. The summed E-state index contributed by atoms with van der Waals surface area (Å²) in [7, 11) is 0. The van der Waals surface area contributed by atoms with Gasteiger partial charge in [-0.2, -0.15) is 5.11 Å². The summed E-state index contributed by atoms with van der Waals surface area (Å²) in [6.45, 7) is -1.22. The van der Waals surface area contributed by atoms with Gasteiger partial charge in [-0.3, -0.25) is 9.59 Å². The van der Waals surface area contributed by atoms with Crippen LogP contribution in [0.1, 0.15) is 19.3 Å². The minimum atomic E-state index is -2.06. The van der Waals surface area contributed by atoms with Crippen molar-refractivity contribution >= 4 is 17.8 Å². The van der Waals surface area contributed by atoms with Crippen molar-refractivity contribution in [2.24, 2.45) is 27.1 Å². The maximum absolute atomic E-state index is 12.4. The average molecular weight is 434 g/mol. The number of hydrogen-bond acceptors (Lipinski definition) is 11. The molecule has 0 radical (unpaired) electrons. The summed E-state index contributed by atoms with van der Waals surface area (Å²) in [5, 5.41) is 49.3.